The highest BCUT2D eigenvalue weighted by Gasteiger charge is 2.52. The first kappa shape index (κ1) is 23.5. The summed E-state index contributed by atoms with van der Waals surface area (Å²) in [5.74, 6) is -4.73. The van der Waals surface area contributed by atoms with Crippen LogP contribution in [0.25, 0.3) is 0 Å². The molecule has 1 amide bonds. The normalized spacial score (nSPS) is 20.4. The molecule has 1 rings (SSSR count). The second-order valence-electron chi connectivity index (χ2n) is 7.16. The molecule has 0 aromatic carbocycles. The van der Waals surface area contributed by atoms with Crippen molar-refractivity contribution in [2.75, 3.05) is 13.7 Å². The molecule has 0 aromatic heterocycles. The van der Waals surface area contributed by atoms with Crippen molar-refractivity contribution in [2.24, 2.45) is 0 Å². The molecule has 0 spiro atoms. The molecule has 1 aliphatic heterocycles. The van der Waals surface area contributed by atoms with Gasteiger partial charge in [-0.05, 0) is 19.3 Å². The highest BCUT2D eigenvalue weighted by Crippen LogP contribution is 2.34. The number of likely N-dealkylation sites (tertiary alicyclic amines) is 1. The van der Waals surface area contributed by atoms with E-state index in [0.29, 0.717) is 25.7 Å². The van der Waals surface area contributed by atoms with Crippen LogP contribution in [-0.4, -0.2) is 53.6 Å². The van der Waals surface area contributed by atoms with Crippen molar-refractivity contribution in [3.8, 4) is 0 Å². The summed E-state index contributed by atoms with van der Waals surface area (Å²) in [6.07, 6.45) is 8.61. The van der Waals surface area contributed by atoms with E-state index in [1.165, 1.54) is 12.0 Å². The second kappa shape index (κ2) is 12.1. The number of unbranched alkanes of at least 4 members (excludes halogenated alkanes) is 5. The van der Waals surface area contributed by atoms with E-state index in [-0.39, 0.29) is 12.5 Å². The lowest BCUT2D eigenvalue weighted by atomic mass is 10.1. The molecule has 1 heterocycles. The van der Waals surface area contributed by atoms with Gasteiger partial charge in [-0.1, -0.05) is 51.2 Å². The van der Waals surface area contributed by atoms with Gasteiger partial charge in [-0.2, -0.15) is 8.78 Å². The topological polar surface area (TPSA) is 66.8 Å². The van der Waals surface area contributed by atoms with E-state index < -0.39 is 30.4 Å². The van der Waals surface area contributed by atoms with Gasteiger partial charge < -0.3 is 14.7 Å². The first-order chi connectivity index (χ1) is 12.8. The highest BCUT2D eigenvalue weighted by atomic mass is 19.3. The van der Waals surface area contributed by atoms with Gasteiger partial charge in [-0.25, -0.2) is 0 Å². The Morgan fingerprint density at radius 3 is 2.67 bits per heavy atom. The fraction of sp³-hybridized carbons (Fsp3) is 0.800. The van der Waals surface area contributed by atoms with E-state index >= 15 is 0 Å². The number of nitrogens with zero attached hydrogens (tertiary/aromatic N) is 1. The summed E-state index contributed by atoms with van der Waals surface area (Å²) in [5.41, 5.74) is 0. The monoisotopic (exact) mass is 389 g/mol. The Labute approximate surface area is 160 Å². The summed E-state index contributed by atoms with van der Waals surface area (Å²) in [6, 6.07) is -0.677. The van der Waals surface area contributed by atoms with E-state index in [0.717, 1.165) is 32.1 Å². The Morgan fingerprint density at radius 2 is 2.00 bits per heavy atom. The third-order valence-electron chi connectivity index (χ3n) is 4.86. The fourth-order valence-corrected chi connectivity index (χ4v) is 3.22. The molecule has 1 N–H and O–H groups in total. The first-order valence-electron chi connectivity index (χ1n) is 9.94. The second-order valence-corrected chi connectivity index (χ2v) is 7.16. The largest absolute Gasteiger partial charge is 0.469 e. The average Bonchev–Trinajstić information content (AvgIpc) is 2.85. The third-order valence-corrected chi connectivity index (χ3v) is 4.86. The van der Waals surface area contributed by atoms with Crippen LogP contribution in [0.3, 0.4) is 0 Å². The molecule has 2 unspecified atom stereocenters. The van der Waals surface area contributed by atoms with Gasteiger partial charge in [-0.3, -0.25) is 9.59 Å². The van der Waals surface area contributed by atoms with Crippen molar-refractivity contribution in [3.05, 3.63) is 12.2 Å². The van der Waals surface area contributed by atoms with Crippen LogP contribution < -0.4 is 0 Å². The number of carbonyl (C=O) groups excluding carboxylic acids is 2. The SMILES string of the molecule is CCCCCC(O)/C=C/C1CC(F)(F)C(=O)N1CCCCCCC(=O)OC. The van der Waals surface area contributed by atoms with Crippen LogP contribution in [0.4, 0.5) is 8.78 Å². The number of carbonyl (C=O) groups is 2. The van der Waals surface area contributed by atoms with E-state index in [4.69, 9.17) is 0 Å². The number of ether oxygens (including phenoxy) is 1. The van der Waals surface area contributed by atoms with Crippen LogP contribution in [0.15, 0.2) is 12.2 Å². The number of aliphatic hydroxyl groups excluding tert-OH is 1. The number of halogens is 2. The van der Waals surface area contributed by atoms with Crippen molar-refractivity contribution in [1.29, 1.82) is 0 Å². The summed E-state index contributed by atoms with van der Waals surface area (Å²) in [7, 11) is 1.34. The number of methoxy groups -OCH3 is 1. The number of alkyl halides is 2. The molecule has 0 radical (unpaired) electrons. The Morgan fingerprint density at radius 1 is 1.30 bits per heavy atom. The molecule has 7 heteroatoms. The van der Waals surface area contributed by atoms with Crippen molar-refractivity contribution in [3.63, 3.8) is 0 Å². The molecule has 0 aliphatic carbocycles. The summed E-state index contributed by atoms with van der Waals surface area (Å²) in [5, 5.41) is 9.94. The maximum Gasteiger partial charge on any atom is 0.327 e. The smallest absolute Gasteiger partial charge is 0.327 e. The average molecular weight is 389 g/mol. The quantitative estimate of drug-likeness (QED) is 0.295. The molecule has 1 saturated heterocycles. The summed E-state index contributed by atoms with van der Waals surface area (Å²) in [6.45, 7) is 2.33. The van der Waals surface area contributed by atoms with E-state index in [1.54, 1.807) is 12.2 Å². The van der Waals surface area contributed by atoms with Gasteiger partial charge in [0.1, 0.15) is 0 Å². The molecule has 27 heavy (non-hydrogen) atoms. The lowest BCUT2D eigenvalue weighted by Gasteiger charge is -2.22. The van der Waals surface area contributed by atoms with E-state index in [9.17, 15) is 23.5 Å². The maximum absolute atomic E-state index is 13.8. The summed E-state index contributed by atoms with van der Waals surface area (Å²) in [4.78, 5) is 24.2. The molecule has 2 atom stereocenters. The number of aliphatic hydroxyl groups is 1. The minimum absolute atomic E-state index is 0.257. The molecular formula is C20H33F2NO4. The minimum atomic E-state index is -3.34. The van der Waals surface area contributed by atoms with Gasteiger partial charge in [0.05, 0.1) is 19.3 Å². The van der Waals surface area contributed by atoms with Crippen LogP contribution >= 0.6 is 0 Å². The van der Waals surface area contributed by atoms with Crippen LogP contribution in [-0.2, 0) is 14.3 Å². The highest BCUT2D eigenvalue weighted by molar-refractivity contribution is 5.86. The third kappa shape index (κ3) is 8.37. The van der Waals surface area contributed by atoms with Crippen LogP contribution in [0.5, 0.6) is 0 Å². The molecule has 0 saturated carbocycles. The molecule has 5 nitrogen and oxygen atoms in total. The Kier molecular flexibility index (Phi) is 10.5. The Hall–Kier alpha value is -1.50. The lowest BCUT2D eigenvalue weighted by Crippen LogP contribution is -2.36. The number of esters is 1. The molecule has 0 bridgehead atoms. The van der Waals surface area contributed by atoms with Crippen LogP contribution in [0, 0.1) is 0 Å². The van der Waals surface area contributed by atoms with Gasteiger partial charge >= 0.3 is 11.9 Å². The summed E-state index contributed by atoms with van der Waals surface area (Å²) >= 11 is 0. The van der Waals surface area contributed by atoms with Gasteiger partial charge in [-0.15, -0.1) is 0 Å². The van der Waals surface area contributed by atoms with Gasteiger partial charge in [0.25, 0.3) is 5.91 Å². The fourth-order valence-electron chi connectivity index (χ4n) is 3.22. The molecule has 0 aromatic rings. The Bertz CT molecular complexity index is 496. The number of amides is 1. The molecule has 1 fully saturated rings. The van der Waals surface area contributed by atoms with Crippen LogP contribution in [0.2, 0.25) is 0 Å². The Balaban J connectivity index is 2.45. The van der Waals surface area contributed by atoms with Crippen molar-refractivity contribution >= 4 is 11.9 Å². The minimum Gasteiger partial charge on any atom is -0.469 e. The van der Waals surface area contributed by atoms with E-state index in [1.807, 2.05) is 0 Å². The number of rotatable bonds is 13. The zero-order chi connectivity index (χ0) is 20.3. The maximum atomic E-state index is 13.8. The molecular weight excluding hydrogens is 356 g/mol. The van der Waals surface area contributed by atoms with Crippen molar-refractivity contribution in [2.45, 2.75) is 89.2 Å². The lowest BCUT2D eigenvalue weighted by molar-refractivity contribution is -0.148. The zero-order valence-electron chi connectivity index (χ0n) is 16.5. The van der Waals surface area contributed by atoms with Crippen LogP contribution in [0.1, 0.15) is 71.1 Å². The molecule has 1 aliphatic rings. The molecule has 156 valence electrons. The van der Waals surface area contributed by atoms with Gasteiger partial charge in [0, 0.05) is 19.4 Å². The predicted molar refractivity (Wildman–Crippen MR) is 99.5 cm³/mol. The summed E-state index contributed by atoms with van der Waals surface area (Å²) < 4.78 is 32.2. The van der Waals surface area contributed by atoms with Crippen molar-refractivity contribution < 1.29 is 28.2 Å². The van der Waals surface area contributed by atoms with E-state index in [2.05, 4.69) is 11.7 Å². The number of hydrogen-bond donors (Lipinski definition) is 1. The number of hydrogen-bond acceptors (Lipinski definition) is 4. The predicted octanol–water partition coefficient (Wildman–Crippen LogP) is 3.84. The van der Waals surface area contributed by atoms with Gasteiger partial charge in [0.2, 0.25) is 0 Å². The van der Waals surface area contributed by atoms with Crippen molar-refractivity contribution in [1.82, 2.24) is 4.90 Å². The zero-order valence-corrected chi connectivity index (χ0v) is 16.5. The standard InChI is InChI=1S/C20H33F2NO4/c1-3-4-7-10-17(24)13-12-16-15-20(21,22)19(26)23(16)14-9-6-5-8-11-18(25)27-2/h12-13,16-17,24H,3-11,14-15H2,1-2H3/b13-12+. The van der Waals surface area contributed by atoms with Gasteiger partial charge in [0.15, 0.2) is 0 Å². The first-order valence-corrected chi connectivity index (χ1v) is 9.94.